The normalized spacial score (nSPS) is 22.0. The molecule has 2 rings (SSSR count). The third-order valence-electron chi connectivity index (χ3n) is 4.00. The highest BCUT2D eigenvalue weighted by molar-refractivity contribution is 5.28. The molecule has 3 nitrogen and oxygen atoms in total. The highest BCUT2D eigenvalue weighted by atomic mass is 16.5. The topological polar surface area (TPSA) is 48.1 Å². The van der Waals surface area contributed by atoms with E-state index in [2.05, 4.69) is 24.9 Å². The summed E-state index contributed by atoms with van der Waals surface area (Å²) >= 11 is 0. The van der Waals surface area contributed by atoms with Gasteiger partial charge in [0.05, 0.1) is 5.60 Å². The van der Waals surface area contributed by atoms with E-state index in [0.29, 0.717) is 5.92 Å². The van der Waals surface area contributed by atoms with Crippen LogP contribution in [0.3, 0.4) is 0 Å². The van der Waals surface area contributed by atoms with Crippen LogP contribution in [0.1, 0.15) is 43.9 Å². The molecule has 2 N–H and O–H groups in total. The Hall–Kier alpha value is -0.930. The van der Waals surface area contributed by atoms with Crippen molar-refractivity contribution >= 4 is 0 Å². The Labute approximate surface area is 103 Å². The maximum Gasteiger partial charge on any atom is 0.0779 e. The Balaban J connectivity index is 2.30. The number of nitrogens with two attached hydrogens (primary N) is 1. The van der Waals surface area contributed by atoms with Gasteiger partial charge in [-0.25, -0.2) is 0 Å². The zero-order valence-corrected chi connectivity index (χ0v) is 10.9. The first kappa shape index (κ1) is 12.5. The Bertz CT molecular complexity index is 390. The van der Waals surface area contributed by atoms with Gasteiger partial charge in [0, 0.05) is 31.0 Å². The van der Waals surface area contributed by atoms with Crippen LogP contribution in [0.5, 0.6) is 0 Å². The van der Waals surface area contributed by atoms with Crippen molar-refractivity contribution in [3.05, 3.63) is 29.6 Å². The molecule has 0 bridgehead atoms. The average Bonchev–Trinajstić information content (AvgIpc) is 2.37. The second-order valence-corrected chi connectivity index (χ2v) is 5.38. The molecule has 2 atom stereocenters. The summed E-state index contributed by atoms with van der Waals surface area (Å²) in [6.45, 7) is 4.10. The van der Waals surface area contributed by atoms with Gasteiger partial charge in [-0.1, -0.05) is 6.07 Å². The van der Waals surface area contributed by atoms with E-state index in [1.54, 1.807) is 7.11 Å². The summed E-state index contributed by atoms with van der Waals surface area (Å²) in [7, 11) is 1.72. The standard InChI is InChI=1S/C14H22N2O/c1-14(2,17-3)13(15)11-8-4-6-10-7-5-9-16-12(10)11/h5,7,9,11,13H,4,6,8,15H2,1-3H3. The summed E-state index contributed by atoms with van der Waals surface area (Å²) in [5, 5.41) is 0. The maximum absolute atomic E-state index is 6.39. The molecule has 0 aliphatic heterocycles. The van der Waals surface area contributed by atoms with Crippen molar-refractivity contribution in [3.63, 3.8) is 0 Å². The van der Waals surface area contributed by atoms with Crippen LogP contribution in [0.2, 0.25) is 0 Å². The molecule has 0 radical (unpaired) electrons. The minimum Gasteiger partial charge on any atom is -0.377 e. The van der Waals surface area contributed by atoms with Gasteiger partial charge in [0.1, 0.15) is 0 Å². The molecule has 17 heavy (non-hydrogen) atoms. The molecule has 1 heterocycles. The molecule has 0 fully saturated rings. The second kappa shape index (κ2) is 4.75. The number of hydrogen-bond acceptors (Lipinski definition) is 3. The monoisotopic (exact) mass is 234 g/mol. The van der Waals surface area contributed by atoms with Gasteiger partial charge in [0.2, 0.25) is 0 Å². The lowest BCUT2D eigenvalue weighted by molar-refractivity contribution is -0.00844. The summed E-state index contributed by atoms with van der Waals surface area (Å²) in [6.07, 6.45) is 5.29. The van der Waals surface area contributed by atoms with Crippen molar-refractivity contribution in [2.75, 3.05) is 7.11 Å². The minimum absolute atomic E-state index is 0.0125. The first-order valence-electron chi connectivity index (χ1n) is 6.31. The van der Waals surface area contributed by atoms with E-state index in [4.69, 9.17) is 10.5 Å². The molecule has 1 aromatic heterocycles. The fourth-order valence-corrected chi connectivity index (χ4v) is 2.62. The zero-order valence-electron chi connectivity index (χ0n) is 10.9. The minimum atomic E-state index is -0.309. The molecule has 3 heteroatoms. The van der Waals surface area contributed by atoms with Crippen molar-refractivity contribution in [1.82, 2.24) is 4.98 Å². The summed E-state index contributed by atoms with van der Waals surface area (Å²) < 4.78 is 5.51. The van der Waals surface area contributed by atoms with E-state index < -0.39 is 0 Å². The Morgan fingerprint density at radius 1 is 1.53 bits per heavy atom. The number of pyridine rings is 1. The molecule has 1 aromatic rings. The van der Waals surface area contributed by atoms with E-state index in [0.717, 1.165) is 12.8 Å². The molecular weight excluding hydrogens is 212 g/mol. The fraction of sp³-hybridized carbons (Fsp3) is 0.643. The number of fused-ring (bicyclic) bond motifs is 1. The lowest BCUT2D eigenvalue weighted by Crippen LogP contribution is -2.49. The SMILES string of the molecule is COC(C)(C)C(N)C1CCCc2cccnc21. The number of nitrogens with zero attached hydrogens (tertiary/aromatic N) is 1. The fourth-order valence-electron chi connectivity index (χ4n) is 2.62. The van der Waals surface area contributed by atoms with Crippen LogP contribution in [0.25, 0.3) is 0 Å². The Morgan fingerprint density at radius 2 is 2.29 bits per heavy atom. The molecule has 0 spiro atoms. The van der Waals surface area contributed by atoms with Crippen LogP contribution < -0.4 is 5.73 Å². The van der Waals surface area contributed by atoms with Gasteiger partial charge in [-0.05, 0) is 44.7 Å². The maximum atomic E-state index is 6.39. The summed E-state index contributed by atoms with van der Waals surface area (Å²) in [6, 6.07) is 4.16. The number of hydrogen-bond donors (Lipinski definition) is 1. The molecular formula is C14H22N2O. The predicted molar refractivity (Wildman–Crippen MR) is 69.0 cm³/mol. The van der Waals surface area contributed by atoms with Crippen molar-refractivity contribution in [2.45, 2.75) is 50.7 Å². The van der Waals surface area contributed by atoms with Crippen LogP contribution in [-0.4, -0.2) is 23.7 Å². The quantitative estimate of drug-likeness (QED) is 0.872. The van der Waals surface area contributed by atoms with Gasteiger partial charge >= 0.3 is 0 Å². The van der Waals surface area contributed by atoms with Crippen molar-refractivity contribution in [2.24, 2.45) is 5.73 Å². The number of ether oxygens (including phenoxy) is 1. The van der Waals surface area contributed by atoms with Gasteiger partial charge < -0.3 is 10.5 Å². The number of rotatable bonds is 3. The third kappa shape index (κ3) is 2.35. The highest BCUT2D eigenvalue weighted by Crippen LogP contribution is 2.35. The first-order valence-corrected chi connectivity index (χ1v) is 6.31. The van der Waals surface area contributed by atoms with Gasteiger partial charge in [-0.3, -0.25) is 4.98 Å². The molecule has 2 unspecified atom stereocenters. The van der Waals surface area contributed by atoms with E-state index in [1.165, 1.54) is 17.7 Å². The number of aryl methyl sites for hydroxylation is 1. The van der Waals surface area contributed by atoms with Crippen LogP contribution in [0.15, 0.2) is 18.3 Å². The highest BCUT2D eigenvalue weighted by Gasteiger charge is 2.36. The summed E-state index contributed by atoms with van der Waals surface area (Å²) in [5.41, 5.74) is 8.61. The lowest BCUT2D eigenvalue weighted by Gasteiger charge is -2.38. The largest absolute Gasteiger partial charge is 0.377 e. The van der Waals surface area contributed by atoms with E-state index in [9.17, 15) is 0 Å². The van der Waals surface area contributed by atoms with E-state index in [1.807, 2.05) is 12.3 Å². The van der Waals surface area contributed by atoms with Gasteiger partial charge in [-0.15, -0.1) is 0 Å². The van der Waals surface area contributed by atoms with Crippen molar-refractivity contribution in [3.8, 4) is 0 Å². The molecule has 0 amide bonds. The second-order valence-electron chi connectivity index (χ2n) is 5.38. The van der Waals surface area contributed by atoms with Crippen molar-refractivity contribution in [1.29, 1.82) is 0 Å². The number of methoxy groups -OCH3 is 1. The van der Waals surface area contributed by atoms with Crippen LogP contribution in [0, 0.1) is 0 Å². The van der Waals surface area contributed by atoms with Gasteiger partial charge in [0.25, 0.3) is 0 Å². The third-order valence-corrected chi connectivity index (χ3v) is 4.00. The van der Waals surface area contributed by atoms with E-state index in [-0.39, 0.29) is 11.6 Å². The molecule has 0 saturated carbocycles. The molecule has 1 aliphatic carbocycles. The molecule has 1 aliphatic rings. The van der Waals surface area contributed by atoms with Crippen LogP contribution >= 0.6 is 0 Å². The summed E-state index contributed by atoms with van der Waals surface area (Å²) in [5.74, 6) is 0.315. The van der Waals surface area contributed by atoms with E-state index >= 15 is 0 Å². The Morgan fingerprint density at radius 3 is 3.00 bits per heavy atom. The van der Waals surface area contributed by atoms with Gasteiger partial charge in [0.15, 0.2) is 0 Å². The lowest BCUT2D eigenvalue weighted by atomic mass is 9.77. The Kier molecular flexibility index (Phi) is 3.50. The molecule has 94 valence electrons. The molecule has 0 saturated heterocycles. The predicted octanol–water partition coefficient (Wildman–Crippen LogP) is 2.25. The average molecular weight is 234 g/mol. The smallest absolute Gasteiger partial charge is 0.0779 e. The zero-order chi connectivity index (χ0) is 12.5. The van der Waals surface area contributed by atoms with Crippen molar-refractivity contribution < 1.29 is 4.74 Å². The molecule has 0 aromatic carbocycles. The van der Waals surface area contributed by atoms with Gasteiger partial charge in [-0.2, -0.15) is 0 Å². The van der Waals surface area contributed by atoms with Crippen LogP contribution in [0.4, 0.5) is 0 Å². The van der Waals surface area contributed by atoms with Crippen LogP contribution in [-0.2, 0) is 11.2 Å². The summed E-state index contributed by atoms with van der Waals surface area (Å²) in [4.78, 5) is 4.53. The number of aromatic nitrogens is 1. The first-order chi connectivity index (χ1) is 8.06.